The molecular formula is C16H25N3O2. The summed E-state index contributed by atoms with van der Waals surface area (Å²) in [6, 6.07) is 9.65. The van der Waals surface area contributed by atoms with E-state index in [0.717, 1.165) is 18.7 Å². The molecule has 0 fully saturated rings. The van der Waals surface area contributed by atoms with Gasteiger partial charge in [-0.1, -0.05) is 32.0 Å². The van der Waals surface area contributed by atoms with Gasteiger partial charge in [-0.3, -0.25) is 9.59 Å². The second-order valence-electron chi connectivity index (χ2n) is 5.38. The molecule has 1 aromatic carbocycles. The minimum atomic E-state index is -0.183. The highest BCUT2D eigenvalue weighted by Crippen LogP contribution is 2.05. The van der Waals surface area contributed by atoms with E-state index in [2.05, 4.69) is 24.5 Å². The fourth-order valence-corrected chi connectivity index (χ4v) is 1.85. The van der Waals surface area contributed by atoms with Crippen LogP contribution in [0.1, 0.15) is 26.7 Å². The molecule has 0 aliphatic carbocycles. The Balaban J connectivity index is 2.26. The van der Waals surface area contributed by atoms with Crippen molar-refractivity contribution in [3.05, 3.63) is 30.3 Å². The number of hydrogen-bond donors (Lipinski definition) is 2. The number of rotatable bonds is 8. The first-order chi connectivity index (χ1) is 9.99. The Morgan fingerprint density at radius 2 is 1.86 bits per heavy atom. The van der Waals surface area contributed by atoms with Crippen molar-refractivity contribution >= 4 is 17.5 Å². The van der Waals surface area contributed by atoms with Crippen LogP contribution < -0.4 is 10.6 Å². The van der Waals surface area contributed by atoms with E-state index in [1.807, 2.05) is 30.3 Å². The highest BCUT2D eigenvalue weighted by molar-refractivity contribution is 5.94. The molecule has 0 aromatic heterocycles. The number of likely N-dealkylation sites (N-methyl/N-ethyl adjacent to an activating group) is 1. The fourth-order valence-electron chi connectivity index (χ4n) is 1.85. The molecule has 5 nitrogen and oxygen atoms in total. The molecule has 0 radical (unpaired) electrons. The van der Waals surface area contributed by atoms with Gasteiger partial charge in [0, 0.05) is 25.2 Å². The summed E-state index contributed by atoms with van der Waals surface area (Å²) in [5.41, 5.74) is 0.740. The average Bonchev–Trinajstić information content (AvgIpc) is 2.44. The van der Waals surface area contributed by atoms with Gasteiger partial charge in [-0.2, -0.15) is 0 Å². The second kappa shape index (κ2) is 9.13. The molecule has 116 valence electrons. The lowest BCUT2D eigenvalue weighted by atomic mass is 10.2. The zero-order valence-corrected chi connectivity index (χ0v) is 13.1. The van der Waals surface area contributed by atoms with Crippen molar-refractivity contribution in [2.24, 2.45) is 0 Å². The van der Waals surface area contributed by atoms with Crippen LogP contribution in [-0.4, -0.2) is 42.9 Å². The summed E-state index contributed by atoms with van der Waals surface area (Å²) < 4.78 is 0. The van der Waals surface area contributed by atoms with Crippen molar-refractivity contribution in [2.45, 2.75) is 32.7 Å². The van der Waals surface area contributed by atoms with Gasteiger partial charge >= 0.3 is 0 Å². The molecule has 0 unspecified atom stereocenters. The lowest BCUT2D eigenvalue weighted by Gasteiger charge is -2.17. The van der Waals surface area contributed by atoms with Crippen molar-refractivity contribution in [1.82, 2.24) is 10.2 Å². The molecule has 0 aliphatic rings. The third-order valence-corrected chi connectivity index (χ3v) is 2.98. The summed E-state index contributed by atoms with van der Waals surface area (Å²) in [6.07, 6.45) is 1.23. The zero-order valence-electron chi connectivity index (χ0n) is 13.1. The lowest BCUT2D eigenvalue weighted by molar-refractivity contribution is -0.133. The third-order valence-electron chi connectivity index (χ3n) is 2.98. The summed E-state index contributed by atoms with van der Waals surface area (Å²) in [7, 11) is 1.66. The minimum absolute atomic E-state index is 0.0104. The van der Waals surface area contributed by atoms with Crippen LogP contribution in [0.4, 0.5) is 5.69 Å². The predicted molar refractivity (Wildman–Crippen MR) is 85.1 cm³/mol. The standard InChI is InChI=1S/C16H25N3O2/c1-13(2)17-11-7-10-16(21)19(3)12-15(20)18-14-8-5-4-6-9-14/h4-6,8-9,13,17H,7,10-12H2,1-3H3,(H,18,20). The van der Waals surface area contributed by atoms with Gasteiger partial charge in [0.15, 0.2) is 0 Å². The van der Waals surface area contributed by atoms with E-state index in [1.54, 1.807) is 7.05 Å². The number of benzene rings is 1. The first-order valence-corrected chi connectivity index (χ1v) is 7.31. The number of para-hydroxylation sites is 1. The van der Waals surface area contributed by atoms with Gasteiger partial charge in [-0.05, 0) is 25.1 Å². The normalized spacial score (nSPS) is 10.5. The number of carbonyl (C=O) groups excluding carboxylic acids is 2. The topological polar surface area (TPSA) is 61.4 Å². The van der Waals surface area contributed by atoms with E-state index < -0.39 is 0 Å². The van der Waals surface area contributed by atoms with Crippen LogP contribution in [0.25, 0.3) is 0 Å². The van der Waals surface area contributed by atoms with Gasteiger partial charge in [0.05, 0.1) is 6.54 Å². The van der Waals surface area contributed by atoms with Crippen LogP contribution in [0.5, 0.6) is 0 Å². The molecule has 0 bridgehead atoms. The Morgan fingerprint density at radius 3 is 2.48 bits per heavy atom. The average molecular weight is 291 g/mol. The summed E-state index contributed by atoms with van der Waals surface area (Å²) in [6.45, 7) is 5.03. The van der Waals surface area contributed by atoms with Crippen LogP contribution in [0.15, 0.2) is 30.3 Å². The van der Waals surface area contributed by atoms with Crippen molar-refractivity contribution in [2.75, 3.05) is 25.5 Å². The third kappa shape index (κ3) is 7.46. The van der Waals surface area contributed by atoms with Crippen LogP contribution in [-0.2, 0) is 9.59 Å². The van der Waals surface area contributed by atoms with Gasteiger partial charge < -0.3 is 15.5 Å². The number of carbonyl (C=O) groups is 2. The summed E-state index contributed by atoms with van der Waals surface area (Å²) in [5, 5.41) is 6.03. The quantitative estimate of drug-likeness (QED) is 0.719. The van der Waals surface area contributed by atoms with Gasteiger partial charge in [0.2, 0.25) is 11.8 Å². The van der Waals surface area contributed by atoms with Gasteiger partial charge in [-0.25, -0.2) is 0 Å². The molecule has 21 heavy (non-hydrogen) atoms. The van der Waals surface area contributed by atoms with Crippen LogP contribution >= 0.6 is 0 Å². The maximum atomic E-state index is 11.9. The van der Waals surface area contributed by atoms with Crippen LogP contribution in [0, 0.1) is 0 Å². The van der Waals surface area contributed by atoms with Crippen LogP contribution in [0.2, 0.25) is 0 Å². The molecule has 0 heterocycles. The molecule has 0 saturated heterocycles. The minimum Gasteiger partial charge on any atom is -0.336 e. The Bertz CT molecular complexity index is 446. The molecule has 5 heteroatoms. The Morgan fingerprint density at radius 1 is 1.19 bits per heavy atom. The number of anilines is 1. The number of hydrogen-bond acceptors (Lipinski definition) is 3. The molecule has 2 amide bonds. The second-order valence-corrected chi connectivity index (χ2v) is 5.38. The zero-order chi connectivity index (χ0) is 15.7. The van der Waals surface area contributed by atoms with Crippen molar-refractivity contribution in [1.29, 1.82) is 0 Å². The Hall–Kier alpha value is -1.88. The highest BCUT2D eigenvalue weighted by atomic mass is 16.2. The fraction of sp³-hybridized carbons (Fsp3) is 0.500. The number of nitrogens with one attached hydrogen (secondary N) is 2. The summed E-state index contributed by atoms with van der Waals surface area (Å²) in [5.74, 6) is -0.193. The molecule has 0 spiro atoms. The summed E-state index contributed by atoms with van der Waals surface area (Å²) >= 11 is 0. The summed E-state index contributed by atoms with van der Waals surface area (Å²) in [4.78, 5) is 25.2. The van der Waals surface area contributed by atoms with E-state index in [4.69, 9.17) is 0 Å². The van der Waals surface area contributed by atoms with Crippen molar-refractivity contribution < 1.29 is 9.59 Å². The smallest absolute Gasteiger partial charge is 0.243 e. The molecule has 0 saturated carbocycles. The first-order valence-electron chi connectivity index (χ1n) is 7.31. The molecule has 0 atom stereocenters. The van der Waals surface area contributed by atoms with E-state index in [9.17, 15) is 9.59 Å². The Labute approximate surface area is 126 Å². The molecule has 1 aromatic rings. The van der Waals surface area contributed by atoms with E-state index in [1.165, 1.54) is 4.90 Å². The lowest BCUT2D eigenvalue weighted by Crippen LogP contribution is -2.35. The molecule has 1 rings (SSSR count). The number of amides is 2. The van der Waals surface area contributed by atoms with E-state index >= 15 is 0 Å². The number of nitrogens with zero attached hydrogens (tertiary/aromatic N) is 1. The maximum absolute atomic E-state index is 11.9. The van der Waals surface area contributed by atoms with E-state index in [-0.39, 0.29) is 18.4 Å². The monoisotopic (exact) mass is 291 g/mol. The molecular weight excluding hydrogens is 266 g/mol. The van der Waals surface area contributed by atoms with E-state index in [0.29, 0.717) is 12.5 Å². The maximum Gasteiger partial charge on any atom is 0.243 e. The predicted octanol–water partition coefficient (Wildman–Crippen LogP) is 1.86. The first kappa shape index (κ1) is 17.2. The van der Waals surface area contributed by atoms with Gasteiger partial charge in [0.1, 0.15) is 0 Å². The highest BCUT2D eigenvalue weighted by Gasteiger charge is 2.12. The Kier molecular flexibility index (Phi) is 7.46. The van der Waals surface area contributed by atoms with Crippen LogP contribution in [0.3, 0.4) is 0 Å². The van der Waals surface area contributed by atoms with Crippen molar-refractivity contribution in [3.8, 4) is 0 Å². The molecule has 2 N–H and O–H groups in total. The largest absolute Gasteiger partial charge is 0.336 e. The SMILES string of the molecule is CC(C)NCCCC(=O)N(C)CC(=O)Nc1ccccc1. The van der Waals surface area contributed by atoms with Crippen molar-refractivity contribution in [3.63, 3.8) is 0 Å². The van der Waals surface area contributed by atoms with Gasteiger partial charge in [0.25, 0.3) is 0 Å². The molecule has 0 aliphatic heterocycles. The van der Waals surface area contributed by atoms with Gasteiger partial charge in [-0.15, -0.1) is 0 Å².